The molecule has 1 aromatic carbocycles. The largest absolute Gasteiger partial charge is 0.360 e. The molecule has 0 saturated carbocycles. The molecule has 1 atom stereocenters. The second-order valence-corrected chi connectivity index (χ2v) is 7.19. The van der Waals surface area contributed by atoms with Crippen molar-refractivity contribution in [1.29, 1.82) is 0 Å². The molecule has 0 unspecified atom stereocenters. The quantitative estimate of drug-likeness (QED) is 0.619. The molecule has 2 rings (SSSR count). The molecule has 0 aliphatic carbocycles. The van der Waals surface area contributed by atoms with E-state index in [2.05, 4.69) is 15.6 Å². The number of nitrogens with one attached hydrogen (secondary N) is 2. The van der Waals surface area contributed by atoms with Gasteiger partial charge in [-0.3, -0.25) is 9.78 Å². The van der Waals surface area contributed by atoms with Crippen LogP contribution in [0.25, 0.3) is 10.9 Å². The van der Waals surface area contributed by atoms with Gasteiger partial charge >= 0.3 is 0 Å². The zero-order valence-corrected chi connectivity index (χ0v) is 14.2. The summed E-state index contributed by atoms with van der Waals surface area (Å²) in [4.78, 5) is 16.1. The Hall–Kier alpha value is -1.23. The van der Waals surface area contributed by atoms with Gasteiger partial charge in [0.05, 0.1) is 11.2 Å². The minimum absolute atomic E-state index is 0.181. The van der Waals surface area contributed by atoms with Gasteiger partial charge in [-0.1, -0.05) is 59.9 Å². The number of rotatable bonds is 5. The van der Waals surface area contributed by atoms with Gasteiger partial charge in [0.25, 0.3) is 0 Å². The average Bonchev–Trinajstić information content (AvgIpc) is 2.46. The molecule has 0 saturated heterocycles. The van der Waals surface area contributed by atoms with Crippen LogP contribution in [0, 0.1) is 0 Å². The van der Waals surface area contributed by atoms with Crippen LogP contribution >= 0.6 is 34.8 Å². The molecule has 1 heterocycles. The van der Waals surface area contributed by atoms with Crippen LogP contribution in [-0.4, -0.2) is 20.8 Å². The molecule has 0 radical (unpaired) electrons. The van der Waals surface area contributed by atoms with Crippen molar-refractivity contribution in [2.45, 2.75) is 29.7 Å². The van der Waals surface area contributed by atoms with Crippen LogP contribution in [-0.2, 0) is 4.79 Å². The summed E-state index contributed by atoms with van der Waals surface area (Å²) < 4.78 is -1.69. The first kappa shape index (κ1) is 17.1. The number of pyridine rings is 1. The number of aromatic nitrogens is 1. The van der Waals surface area contributed by atoms with Crippen LogP contribution in [0.4, 0.5) is 5.69 Å². The van der Waals surface area contributed by atoms with E-state index in [0.29, 0.717) is 18.5 Å². The van der Waals surface area contributed by atoms with Gasteiger partial charge in [-0.05, 0) is 18.6 Å². The van der Waals surface area contributed by atoms with E-state index in [9.17, 15) is 4.79 Å². The van der Waals surface area contributed by atoms with Crippen LogP contribution in [0.15, 0.2) is 36.5 Å². The highest BCUT2D eigenvalue weighted by atomic mass is 35.6. The molecule has 0 spiro atoms. The maximum atomic E-state index is 11.8. The van der Waals surface area contributed by atoms with E-state index < -0.39 is 9.96 Å². The number of carbonyl (C=O) groups is 1. The fourth-order valence-corrected chi connectivity index (χ4v) is 2.36. The Morgan fingerprint density at radius 3 is 2.68 bits per heavy atom. The van der Waals surface area contributed by atoms with Crippen LogP contribution < -0.4 is 10.6 Å². The molecule has 2 N–H and O–H groups in total. The molecule has 0 bridgehead atoms. The summed E-state index contributed by atoms with van der Waals surface area (Å²) in [6.45, 7) is 1.91. The van der Waals surface area contributed by atoms with Crippen molar-refractivity contribution in [2.24, 2.45) is 0 Å². The molecule has 2 aromatic rings. The predicted octanol–water partition coefficient (Wildman–Crippen LogP) is 4.26. The zero-order valence-electron chi connectivity index (χ0n) is 11.9. The molecule has 1 aromatic heterocycles. The van der Waals surface area contributed by atoms with E-state index in [1.54, 1.807) is 6.20 Å². The minimum Gasteiger partial charge on any atom is -0.360 e. The highest BCUT2D eigenvalue weighted by molar-refractivity contribution is 6.68. The van der Waals surface area contributed by atoms with Crippen molar-refractivity contribution in [2.75, 3.05) is 5.32 Å². The fourth-order valence-electron chi connectivity index (χ4n) is 2.04. The molecular weight excluding hydrogens is 345 g/mol. The first-order valence-corrected chi connectivity index (χ1v) is 8.01. The maximum Gasteiger partial charge on any atom is 0.228 e. The van der Waals surface area contributed by atoms with Crippen molar-refractivity contribution in [1.82, 2.24) is 10.3 Å². The number of alkyl halides is 3. The number of nitrogens with zero attached hydrogens (tertiary/aromatic N) is 1. The first-order valence-electron chi connectivity index (χ1n) is 6.88. The Morgan fingerprint density at radius 1 is 1.27 bits per heavy atom. The third kappa shape index (κ3) is 4.38. The summed E-state index contributed by atoms with van der Waals surface area (Å²) in [6.07, 6.45) is 1.92. The van der Waals surface area contributed by atoms with Gasteiger partial charge < -0.3 is 10.6 Å². The molecule has 0 fully saturated rings. The van der Waals surface area contributed by atoms with Crippen molar-refractivity contribution in [3.63, 3.8) is 0 Å². The fraction of sp³-hybridized carbons (Fsp3) is 0.333. The number of amides is 1. The van der Waals surface area contributed by atoms with Gasteiger partial charge in [0.1, 0.15) is 6.17 Å². The second-order valence-electron chi connectivity index (χ2n) is 4.82. The standard InChI is InChI=1S/C15H16Cl3N3O/c1-2-5-12(22)21-14(15(16,17)18)20-11-8-3-6-10-7-4-9-19-13(10)11/h3-4,6-9,14,20H,2,5H2,1H3,(H,21,22)/t14-/m1/s1. The van der Waals surface area contributed by atoms with Gasteiger partial charge in [0.15, 0.2) is 0 Å². The van der Waals surface area contributed by atoms with E-state index in [0.717, 1.165) is 10.9 Å². The number of hydrogen-bond donors (Lipinski definition) is 2. The summed E-state index contributed by atoms with van der Waals surface area (Å²) in [5, 5.41) is 6.71. The summed E-state index contributed by atoms with van der Waals surface area (Å²) >= 11 is 17.9. The van der Waals surface area contributed by atoms with Crippen molar-refractivity contribution in [3.05, 3.63) is 36.5 Å². The monoisotopic (exact) mass is 359 g/mol. The van der Waals surface area contributed by atoms with Crippen LogP contribution in [0.5, 0.6) is 0 Å². The van der Waals surface area contributed by atoms with E-state index in [1.165, 1.54) is 0 Å². The lowest BCUT2D eigenvalue weighted by Gasteiger charge is -2.27. The number of fused-ring (bicyclic) bond motifs is 1. The van der Waals surface area contributed by atoms with Gasteiger partial charge in [-0.2, -0.15) is 0 Å². The summed E-state index contributed by atoms with van der Waals surface area (Å²) in [6, 6.07) is 9.42. The molecule has 0 aliphatic rings. The van der Waals surface area contributed by atoms with E-state index in [4.69, 9.17) is 34.8 Å². The predicted molar refractivity (Wildman–Crippen MR) is 92.5 cm³/mol. The number of anilines is 1. The Labute approximate surface area is 144 Å². The Kier molecular flexibility index (Phi) is 5.73. The molecular formula is C15H16Cl3N3O. The van der Waals surface area contributed by atoms with Crippen LogP contribution in [0.3, 0.4) is 0 Å². The molecule has 118 valence electrons. The lowest BCUT2D eigenvalue weighted by atomic mass is 10.2. The Bertz CT molecular complexity index is 653. The topological polar surface area (TPSA) is 54.0 Å². The molecule has 1 amide bonds. The molecule has 0 aliphatic heterocycles. The Balaban J connectivity index is 2.27. The SMILES string of the molecule is CCCC(=O)N[C@@H](Nc1cccc2cccnc12)C(Cl)(Cl)Cl. The van der Waals surface area contributed by atoms with Crippen molar-refractivity contribution in [3.8, 4) is 0 Å². The lowest BCUT2D eigenvalue weighted by molar-refractivity contribution is -0.121. The van der Waals surface area contributed by atoms with Crippen LogP contribution in [0.2, 0.25) is 0 Å². The van der Waals surface area contributed by atoms with Gasteiger partial charge in [0.2, 0.25) is 9.70 Å². The summed E-state index contributed by atoms with van der Waals surface area (Å²) in [5.74, 6) is -0.181. The number of hydrogen-bond acceptors (Lipinski definition) is 3. The summed E-state index contributed by atoms with van der Waals surface area (Å²) in [5.41, 5.74) is 1.43. The van der Waals surface area contributed by atoms with E-state index in [1.807, 2.05) is 37.3 Å². The maximum absolute atomic E-state index is 11.8. The minimum atomic E-state index is -1.69. The van der Waals surface area contributed by atoms with Gasteiger partial charge in [0, 0.05) is 18.0 Å². The summed E-state index contributed by atoms with van der Waals surface area (Å²) in [7, 11) is 0. The molecule has 7 heteroatoms. The third-order valence-electron chi connectivity index (χ3n) is 3.04. The number of benzene rings is 1. The Morgan fingerprint density at radius 2 is 2.00 bits per heavy atom. The smallest absolute Gasteiger partial charge is 0.228 e. The molecule has 22 heavy (non-hydrogen) atoms. The van der Waals surface area contributed by atoms with E-state index in [-0.39, 0.29) is 5.91 Å². The van der Waals surface area contributed by atoms with Gasteiger partial charge in [-0.25, -0.2) is 0 Å². The highest BCUT2D eigenvalue weighted by Gasteiger charge is 2.34. The molecule has 4 nitrogen and oxygen atoms in total. The normalized spacial score (nSPS) is 12.9. The van der Waals surface area contributed by atoms with Crippen molar-refractivity contribution < 1.29 is 4.79 Å². The number of halogens is 3. The van der Waals surface area contributed by atoms with E-state index >= 15 is 0 Å². The van der Waals surface area contributed by atoms with Crippen molar-refractivity contribution >= 4 is 57.3 Å². The van der Waals surface area contributed by atoms with Crippen LogP contribution in [0.1, 0.15) is 19.8 Å². The number of carbonyl (C=O) groups excluding carboxylic acids is 1. The second kappa shape index (κ2) is 7.36. The number of para-hydroxylation sites is 1. The third-order valence-corrected chi connectivity index (χ3v) is 3.70. The first-order chi connectivity index (χ1) is 10.4. The highest BCUT2D eigenvalue weighted by Crippen LogP contribution is 2.32. The lowest BCUT2D eigenvalue weighted by Crippen LogP contribution is -2.49. The van der Waals surface area contributed by atoms with Gasteiger partial charge in [-0.15, -0.1) is 0 Å². The average molecular weight is 361 g/mol. The zero-order chi connectivity index (χ0) is 16.2.